The summed E-state index contributed by atoms with van der Waals surface area (Å²) in [6.45, 7) is 11.8. The van der Waals surface area contributed by atoms with E-state index in [4.69, 9.17) is 8.83 Å². The van der Waals surface area contributed by atoms with E-state index in [1.54, 1.807) is 30.5 Å². The number of amides is 1. The third kappa shape index (κ3) is 7.88. The zero-order chi connectivity index (χ0) is 29.7. The van der Waals surface area contributed by atoms with E-state index in [1.807, 2.05) is 36.2 Å². The van der Waals surface area contributed by atoms with Crippen LogP contribution in [0.4, 0.5) is 0 Å². The van der Waals surface area contributed by atoms with Gasteiger partial charge in [-0.3, -0.25) is 4.79 Å². The maximum atomic E-state index is 13.2. The molecule has 1 amide bonds. The van der Waals surface area contributed by atoms with Gasteiger partial charge >= 0.3 is 0 Å². The molecule has 1 N–H and O–H groups in total. The van der Waals surface area contributed by atoms with Crippen molar-refractivity contribution < 1.29 is 22.0 Å². The van der Waals surface area contributed by atoms with Crippen molar-refractivity contribution in [3.8, 4) is 0 Å². The Morgan fingerprint density at radius 1 is 0.927 bits per heavy atom. The van der Waals surface area contributed by atoms with Crippen molar-refractivity contribution in [3.05, 3.63) is 84.3 Å². The molecule has 0 radical (unpaired) electrons. The van der Waals surface area contributed by atoms with Crippen LogP contribution in [0.2, 0.25) is 0 Å². The van der Waals surface area contributed by atoms with Crippen LogP contribution in [0.5, 0.6) is 0 Å². The van der Waals surface area contributed by atoms with Crippen LogP contribution < -0.4 is 0 Å². The number of nitrogens with zero attached hydrogens (tertiary/aromatic N) is 2. The Balaban J connectivity index is 0.000000247. The summed E-state index contributed by atoms with van der Waals surface area (Å²) in [5.74, 6) is 1.82. The van der Waals surface area contributed by atoms with Gasteiger partial charge in [-0.25, -0.2) is 13.4 Å². The lowest BCUT2D eigenvalue weighted by atomic mass is 9.98. The first-order valence-electron chi connectivity index (χ1n) is 13.9. The SMILES string of the molecule is CC(C)CN(Cc1cnc(C(C)C)[nH]1)C(=O)[C@H](C)Cc1ccc2occc2c1.CS(=O)(=O)c1ccc2occc2c1. The lowest BCUT2D eigenvalue weighted by Crippen LogP contribution is -2.38. The average Bonchev–Trinajstić information content (AvgIpc) is 3.67. The highest BCUT2D eigenvalue weighted by Gasteiger charge is 2.23. The smallest absolute Gasteiger partial charge is 0.226 e. The molecule has 2 aromatic carbocycles. The molecule has 1 atom stereocenters. The molecule has 0 aliphatic carbocycles. The lowest BCUT2D eigenvalue weighted by molar-refractivity contribution is -0.136. The van der Waals surface area contributed by atoms with Gasteiger partial charge < -0.3 is 18.7 Å². The first-order chi connectivity index (χ1) is 19.4. The fourth-order valence-electron chi connectivity index (χ4n) is 4.70. The van der Waals surface area contributed by atoms with Crippen LogP contribution in [0.3, 0.4) is 0 Å². The number of imidazole rings is 1. The molecule has 0 unspecified atom stereocenters. The summed E-state index contributed by atoms with van der Waals surface area (Å²) in [6.07, 6.45) is 7.00. The zero-order valence-corrected chi connectivity index (χ0v) is 25.4. The van der Waals surface area contributed by atoms with Crippen LogP contribution in [0.25, 0.3) is 21.9 Å². The number of nitrogens with one attached hydrogen (secondary N) is 1. The minimum atomic E-state index is -3.11. The van der Waals surface area contributed by atoms with Gasteiger partial charge in [-0.15, -0.1) is 0 Å². The van der Waals surface area contributed by atoms with Crippen LogP contribution >= 0.6 is 0 Å². The molecule has 0 bridgehead atoms. The van der Waals surface area contributed by atoms with Gasteiger partial charge in [-0.05, 0) is 60.4 Å². The van der Waals surface area contributed by atoms with Crippen molar-refractivity contribution in [2.24, 2.45) is 11.8 Å². The normalized spacial score (nSPS) is 12.6. The molecule has 0 saturated carbocycles. The molecule has 3 aromatic heterocycles. The van der Waals surface area contributed by atoms with Crippen LogP contribution in [-0.2, 0) is 27.6 Å². The Morgan fingerprint density at radius 3 is 2.15 bits per heavy atom. The number of carbonyl (C=O) groups is 1. The van der Waals surface area contributed by atoms with E-state index in [9.17, 15) is 13.2 Å². The topological polar surface area (TPSA) is 109 Å². The Labute approximate surface area is 241 Å². The first-order valence-corrected chi connectivity index (χ1v) is 15.8. The molecule has 0 fully saturated rings. The quantitative estimate of drug-likeness (QED) is 0.202. The number of hydrogen-bond donors (Lipinski definition) is 1. The predicted octanol–water partition coefficient (Wildman–Crippen LogP) is 6.98. The van der Waals surface area contributed by atoms with Gasteiger partial charge in [0, 0.05) is 35.4 Å². The maximum Gasteiger partial charge on any atom is 0.226 e. The second kappa shape index (κ2) is 12.8. The van der Waals surface area contributed by atoms with Gasteiger partial charge in [0.2, 0.25) is 5.91 Å². The number of H-pyrrole nitrogens is 1. The standard InChI is InChI=1S/C23H31N3O2.C9H8O3S/c1-15(2)13-26(14-20-12-24-22(25-20)16(3)4)23(27)17(5)10-18-6-7-21-19(11-18)8-9-28-21;1-13(10,11)8-2-3-9-7(6-8)4-5-12-9/h6-9,11-12,15-17H,10,13-14H2,1-5H3,(H,24,25);2-6H,1H3/t17-;/m1./s1. The molecule has 41 heavy (non-hydrogen) atoms. The van der Waals surface area contributed by atoms with E-state index in [2.05, 4.69) is 43.7 Å². The molecule has 9 heteroatoms. The molecule has 8 nitrogen and oxygen atoms in total. The highest BCUT2D eigenvalue weighted by Crippen LogP contribution is 2.22. The third-order valence-corrected chi connectivity index (χ3v) is 7.90. The zero-order valence-electron chi connectivity index (χ0n) is 24.5. The van der Waals surface area contributed by atoms with E-state index in [0.717, 1.165) is 46.4 Å². The van der Waals surface area contributed by atoms with Crippen molar-refractivity contribution in [1.82, 2.24) is 14.9 Å². The molecular weight excluding hydrogens is 538 g/mol. The average molecular weight is 578 g/mol. The largest absolute Gasteiger partial charge is 0.464 e. The number of carbonyl (C=O) groups excluding carboxylic acids is 1. The molecule has 218 valence electrons. The Morgan fingerprint density at radius 2 is 1.56 bits per heavy atom. The van der Waals surface area contributed by atoms with Crippen molar-refractivity contribution in [1.29, 1.82) is 0 Å². The summed E-state index contributed by atoms with van der Waals surface area (Å²) in [6, 6.07) is 14.6. The number of hydrogen-bond acceptors (Lipinski definition) is 6. The molecule has 0 aliphatic rings. The summed E-state index contributed by atoms with van der Waals surface area (Å²) >= 11 is 0. The van der Waals surface area contributed by atoms with E-state index in [0.29, 0.717) is 28.9 Å². The van der Waals surface area contributed by atoms with E-state index in [1.165, 1.54) is 12.5 Å². The van der Waals surface area contributed by atoms with E-state index in [-0.39, 0.29) is 11.8 Å². The highest BCUT2D eigenvalue weighted by atomic mass is 32.2. The number of rotatable bonds is 9. The van der Waals surface area contributed by atoms with Crippen molar-refractivity contribution in [2.45, 2.75) is 58.4 Å². The van der Waals surface area contributed by atoms with Crippen molar-refractivity contribution >= 4 is 37.7 Å². The van der Waals surface area contributed by atoms with E-state index < -0.39 is 9.84 Å². The molecule has 5 aromatic rings. The minimum Gasteiger partial charge on any atom is -0.464 e. The number of aromatic nitrogens is 2. The van der Waals surface area contributed by atoms with Gasteiger partial charge in [0.1, 0.15) is 17.0 Å². The van der Waals surface area contributed by atoms with Crippen LogP contribution in [0, 0.1) is 11.8 Å². The number of fused-ring (bicyclic) bond motifs is 2. The summed E-state index contributed by atoms with van der Waals surface area (Å²) in [5.41, 5.74) is 3.73. The summed E-state index contributed by atoms with van der Waals surface area (Å²) in [4.78, 5) is 23.3. The van der Waals surface area contributed by atoms with Gasteiger partial charge in [0.05, 0.1) is 35.9 Å². The fraction of sp³-hybridized carbons (Fsp3) is 0.375. The minimum absolute atomic E-state index is 0.0874. The van der Waals surface area contributed by atoms with Gasteiger partial charge in [-0.2, -0.15) is 0 Å². The van der Waals surface area contributed by atoms with E-state index >= 15 is 0 Å². The first kappa shape index (κ1) is 30.1. The molecular formula is C32H39N3O5S. The Hall–Kier alpha value is -3.85. The number of benzene rings is 2. The Kier molecular flexibility index (Phi) is 9.38. The monoisotopic (exact) mass is 577 g/mol. The number of sulfone groups is 1. The fourth-order valence-corrected chi connectivity index (χ4v) is 5.36. The molecule has 0 spiro atoms. The maximum absolute atomic E-state index is 13.2. The lowest BCUT2D eigenvalue weighted by Gasteiger charge is -2.27. The molecule has 0 saturated heterocycles. The summed E-state index contributed by atoms with van der Waals surface area (Å²) < 4.78 is 32.8. The molecule has 5 rings (SSSR count). The predicted molar refractivity (Wildman–Crippen MR) is 161 cm³/mol. The summed E-state index contributed by atoms with van der Waals surface area (Å²) in [7, 11) is -3.11. The van der Waals surface area contributed by atoms with Crippen molar-refractivity contribution in [2.75, 3.05) is 12.8 Å². The van der Waals surface area contributed by atoms with Crippen LogP contribution in [0.1, 0.15) is 57.6 Å². The third-order valence-electron chi connectivity index (χ3n) is 6.79. The highest BCUT2D eigenvalue weighted by molar-refractivity contribution is 7.90. The second-order valence-corrected chi connectivity index (χ2v) is 13.4. The molecule has 3 heterocycles. The van der Waals surface area contributed by atoms with Crippen LogP contribution in [0.15, 0.2) is 81.0 Å². The van der Waals surface area contributed by atoms with Gasteiger partial charge in [-0.1, -0.05) is 40.7 Å². The van der Waals surface area contributed by atoms with Gasteiger partial charge in [0.15, 0.2) is 9.84 Å². The molecule has 0 aliphatic heterocycles. The van der Waals surface area contributed by atoms with Crippen LogP contribution in [-0.4, -0.2) is 42.0 Å². The van der Waals surface area contributed by atoms with Gasteiger partial charge in [0.25, 0.3) is 0 Å². The van der Waals surface area contributed by atoms with Crippen molar-refractivity contribution in [3.63, 3.8) is 0 Å². The number of furan rings is 2. The second-order valence-electron chi connectivity index (χ2n) is 11.4. The number of aromatic amines is 1. The summed E-state index contributed by atoms with van der Waals surface area (Å²) in [5, 5.41) is 1.89. The Bertz CT molecular complexity index is 1710.